The van der Waals surface area contributed by atoms with Gasteiger partial charge in [0.2, 0.25) is 0 Å². The first-order valence-electron chi connectivity index (χ1n) is 11.8. The maximum absolute atomic E-state index is 4.43. The van der Waals surface area contributed by atoms with Crippen LogP contribution in [-0.4, -0.2) is 8.07 Å². The van der Waals surface area contributed by atoms with Gasteiger partial charge < -0.3 is 0 Å². The minimum atomic E-state index is -1.73. The summed E-state index contributed by atoms with van der Waals surface area (Å²) in [6.45, 7) is 11.4. The molecule has 4 aromatic carbocycles. The van der Waals surface area contributed by atoms with Crippen molar-refractivity contribution in [2.24, 2.45) is 0 Å². The van der Waals surface area contributed by atoms with Gasteiger partial charge in [0.15, 0.2) is 0 Å². The lowest BCUT2D eigenvalue weighted by Crippen LogP contribution is -2.53. The second-order valence-electron chi connectivity index (χ2n) is 10.0. The molecule has 0 amide bonds. The lowest BCUT2D eigenvalue weighted by atomic mass is 9.84. The molecule has 2 aliphatic heterocycles. The second kappa shape index (κ2) is 6.68. The summed E-state index contributed by atoms with van der Waals surface area (Å²) in [7, 11) is -1.73. The zero-order valence-corrected chi connectivity index (χ0v) is 19.9. The zero-order valence-electron chi connectivity index (χ0n) is 18.9. The molecule has 0 aliphatic carbocycles. The van der Waals surface area contributed by atoms with Crippen molar-refractivity contribution in [1.82, 2.24) is 0 Å². The van der Waals surface area contributed by atoms with Gasteiger partial charge in [-0.15, -0.1) is 0 Å². The quantitative estimate of drug-likeness (QED) is 0.234. The molecule has 0 saturated carbocycles. The molecule has 0 radical (unpaired) electrons. The summed E-state index contributed by atoms with van der Waals surface area (Å²) in [5.74, 6) is 0.481. The van der Waals surface area contributed by atoms with Gasteiger partial charge in [0, 0.05) is 0 Å². The maximum atomic E-state index is 4.43. The van der Waals surface area contributed by atoms with E-state index in [1.165, 1.54) is 63.4 Å². The molecule has 1 spiro atoms. The number of allylic oxidation sites excluding steroid dienone is 1. The van der Waals surface area contributed by atoms with Crippen molar-refractivity contribution in [1.29, 1.82) is 0 Å². The van der Waals surface area contributed by atoms with E-state index in [0.29, 0.717) is 5.92 Å². The third-order valence-electron chi connectivity index (χ3n) is 7.90. The van der Waals surface area contributed by atoms with E-state index < -0.39 is 8.07 Å². The summed E-state index contributed by atoms with van der Waals surface area (Å²) < 4.78 is 0. The third-order valence-corrected chi connectivity index (χ3v) is 13.3. The Balaban J connectivity index is 1.90. The highest BCUT2D eigenvalue weighted by atomic mass is 28.3. The monoisotopic (exact) mass is 418 g/mol. The predicted octanol–water partition coefficient (Wildman–Crippen LogP) is 7.49. The van der Waals surface area contributed by atoms with Gasteiger partial charge in [0.25, 0.3) is 0 Å². The molecule has 1 fully saturated rings. The Kier molecular flexibility index (Phi) is 4.11. The normalized spacial score (nSPS) is 16.4. The van der Waals surface area contributed by atoms with Crippen molar-refractivity contribution >= 4 is 45.6 Å². The lowest BCUT2D eigenvalue weighted by Gasteiger charge is -2.29. The van der Waals surface area contributed by atoms with Crippen molar-refractivity contribution < 1.29 is 0 Å². The highest BCUT2D eigenvalue weighted by Gasteiger charge is 2.48. The van der Waals surface area contributed by atoms with Gasteiger partial charge in [0.1, 0.15) is 8.07 Å². The first-order valence-corrected chi connectivity index (χ1v) is 14.2. The number of benzene rings is 4. The Hall–Kier alpha value is -2.64. The molecule has 154 valence electrons. The van der Waals surface area contributed by atoms with E-state index in [-0.39, 0.29) is 0 Å². The van der Waals surface area contributed by atoms with Crippen LogP contribution in [0.5, 0.6) is 0 Å². The van der Waals surface area contributed by atoms with E-state index in [0.717, 1.165) is 0 Å². The van der Waals surface area contributed by atoms with E-state index in [2.05, 4.69) is 88.0 Å². The minimum Gasteiger partial charge on any atom is -0.0955 e. The summed E-state index contributed by atoms with van der Waals surface area (Å²) in [5, 5.41) is 9.25. The number of hydrogen-bond donors (Lipinski definition) is 0. The molecule has 1 heteroatoms. The summed E-state index contributed by atoms with van der Waals surface area (Å²) in [6, 6.07) is 26.1. The molecule has 1 saturated heterocycles. The van der Waals surface area contributed by atoms with Crippen LogP contribution in [0.15, 0.2) is 67.2 Å². The molecule has 2 aliphatic rings. The van der Waals surface area contributed by atoms with Crippen molar-refractivity contribution in [3.63, 3.8) is 0 Å². The number of rotatable bonds is 2. The van der Waals surface area contributed by atoms with Crippen LogP contribution in [0.2, 0.25) is 12.1 Å². The molecule has 0 aromatic heterocycles. The van der Waals surface area contributed by atoms with Crippen molar-refractivity contribution in [2.45, 2.75) is 51.6 Å². The highest BCUT2D eigenvalue weighted by Crippen LogP contribution is 2.45. The van der Waals surface area contributed by atoms with E-state index in [1.54, 1.807) is 21.3 Å². The maximum Gasteiger partial charge on any atom is 0.120 e. The largest absolute Gasteiger partial charge is 0.120 e. The molecular formula is C30H30Si. The van der Waals surface area contributed by atoms with Gasteiger partial charge >= 0.3 is 0 Å². The van der Waals surface area contributed by atoms with Crippen molar-refractivity contribution in [3.05, 3.63) is 78.4 Å². The SMILES string of the molecule is C=C(C)c1c2ccccc2c(C(C)C)c2c3c(ccc12)-c1ccccc1[Si]31CCCC1. The van der Waals surface area contributed by atoms with Crippen LogP contribution in [0.25, 0.3) is 38.2 Å². The lowest BCUT2D eigenvalue weighted by molar-refractivity contribution is 0.886. The van der Waals surface area contributed by atoms with Crippen LogP contribution >= 0.6 is 0 Å². The fraction of sp³-hybridized carbons (Fsp3) is 0.267. The van der Waals surface area contributed by atoms with Crippen molar-refractivity contribution in [2.75, 3.05) is 0 Å². The van der Waals surface area contributed by atoms with Gasteiger partial charge in [-0.1, -0.05) is 93.9 Å². The van der Waals surface area contributed by atoms with Crippen LogP contribution in [0.1, 0.15) is 50.7 Å². The molecule has 0 N–H and O–H groups in total. The fourth-order valence-electron chi connectivity index (χ4n) is 6.86. The average molecular weight is 419 g/mol. The van der Waals surface area contributed by atoms with Crippen LogP contribution in [-0.2, 0) is 0 Å². The molecule has 31 heavy (non-hydrogen) atoms. The molecule has 0 atom stereocenters. The molecule has 2 heterocycles. The van der Waals surface area contributed by atoms with Crippen LogP contribution < -0.4 is 10.4 Å². The third kappa shape index (κ3) is 2.41. The van der Waals surface area contributed by atoms with E-state index >= 15 is 0 Å². The number of hydrogen-bond acceptors (Lipinski definition) is 0. The van der Waals surface area contributed by atoms with Crippen molar-refractivity contribution in [3.8, 4) is 11.1 Å². The van der Waals surface area contributed by atoms with Crippen LogP contribution in [0.3, 0.4) is 0 Å². The van der Waals surface area contributed by atoms with Gasteiger partial charge in [0.05, 0.1) is 0 Å². The summed E-state index contributed by atoms with van der Waals surface area (Å²) in [6.07, 6.45) is 2.77. The summed E-state index contributed by atoms with van der Waals surface area (Å²) >= 11 is 0. The summed E-state index contributed by atoms with van der Waals surface area (Å²) in [5.41, 5.74) is 7.14. The average Bonchev–Trinajstić information content (AvgIpc) is 3.36. The Morgan fingerprint density at radius 1 is 0.806 bits per heavy atom. The van der Waals surface area contributed by atoms with Gasteiger partial charge in [-0.2, -0.15) is 0 Å². The first-order chi connectivity index (χ1) is 15.0. The molecule has 0 nitrogen and oxygen atoms in total. The second-order valence-corrected chi connectivity index (χ2v) is 14.2. The smallest absolute Gasteiger partial charge is 0.0955 e. The first kappa shape index (κ1) is 19.1. The summed E-state index contributed by atoms with van der Waals surface area (Å²) in [4.78, 5) is 0. The molecule has 0 unspecified atom stereocenters. The minimum absolute atomic E-state index is 0.481. The topological polar surface area (TPSA) is 0 Å². The Bertz CT molecular complexity index is 1380. The highest BCUT2D eigenvalue weighted by molar-refractivity contribution is 7.07. The van der Waals surface area contributed by atoms with E-state index in [4.69, 9.17) is 0 Å². The Morgan fingerprint density at radius 3 is 2.19 bits per heavy atom. The molecule has 0 bridgehead atoms. The van der Waals surface area contributed by atoms with E-state index in [1.807, 2.05) is 0 Å². The van der Waals surface area contributed by atoms with Crippen LogP contribution in [0.4, 0.5) is 0 Å². The Morgan fingerprint density at radius 2 is 1.48 bits per heavy atom. The predicted molar refractivity (Wildman–Crippen MR) is 140 cm³/mol. The Labute approximate surface area is 186 Å². The molecule has 4 aromatic rings. The zero-order chi connectivity index (χ0) is 21.3. The van der Waals surface area contributed by atoms with Gasteiger partial charge in [-0.3, -0.25) is 0 Å². The van der Waals surface area contributed by atoms with E-state index in [9.17, 15) is 0 Å². The molecule has 6 rings (SSSR count). The van der Waals surface area contributed by atoms with Crippen LogP contribution in [0, 0.1) is 0 Å². The standard InChI is InChI=1S/C30H30Si/c1-19(2)27-22-12-5-6-13-23(22)28(20(3)4)29-25(27)16-15-24-21-11-7-8-14-26(21)31(30(24)29)17-9-10-18-31/h5-8,11-16,20H,1,9-10,17-18H2,2-4H3. The van der Waals surface area contributed by atoms with Gasteiger partial charge in [-0.05, 0) is 84.7 Å². The van der Waals surface area contributed by atoms with Gasteiger partial charge in [-0.25, -0.2) is 0 Å². The molecular weight excluding hydrogens is 388 g/mol. The fourth-order valence-corrected chi connectivity index (χ4v) is 12.8. The number of fused-ring (bicyclic) bond motifs is 8.